The van der Waals surface area contributed by atoms with Crippen LogP contribution in [0.3, 0.4) is 0 Å². The molecule has 0 aliphatic rings. The third-order valence-electron chi connectivity index (χ3n) is 2.78. The summed E-state index contributed by atoms with van der Waals surface area (Å²) in [5.74, 6) is 2.00. The predicted molar refractivity (Wildman–Crippen MR) is 83.5 cm³/mol. The number of nitrogens with zero attached hydrogens (tertiary/aromatic N) is 2. The van der Waals surface area contributed by atoms with Gasteiger partial charge in [0.25, 0.3) is 0 Å². The van der Waals surface area contributed by atoms with Crippen LogP contribution in [-0.4, -0.2) is 38.8 Å². The van der Waals surface area contributed by atoms with Crippen molar-refractivity contribution in [2.75, 3.05) is 11.5 Å². The summed E-state index contributed by atoms with van der Waals surface area (Å²) in [6.45, 7) is 0. The minimum atomic E-state index is -0.942. The first-order chi connectivity index (χ1) is 10.2. The van der Waals surface area contributed by atoms with E-state index in [4.69, 9.17) is 15.4 Å². The van der Waals surface area contributed by atoms with Gasteiger partial charge in [-0.1, -0.05) is 11.2 Å². The van der Waals surface area contributed by atoms with Gasteiger partial charge in [-0.15, -0.1) is 11.3 Å². The number of carboxylic acid groups (broad SMARTS) is 1. The fourth-order valence-electron chi connectivity index (χ4n) is 1.62. The molecule has 0 saturated heterocycles. The van der Waals surface area contributed by atoms with Crippen molar-refractivity contribution in [1.29, 1.82) is 0 Å². The van der Waals surface area contributed by atoms with E-state index in [9.17, 15) is 4.79 Å². The van der Waals surface area contributed by atoms with E-state index in [1.54, 1.807) is 23.1 Å². The molecule has 3 N–H and O–H groups in total. The molecule has 1 atom stereocenters. The first kappa shape index (κ1) is 16.0. The Bertz CT molecular complexity index is 557. The highest BCUT2D eigenvalue weighted by molar-refractivity contribution is 7.99. The van der Waals surface area contributed by atoms with Crippen LogP contribution in [0.25, 0.3) is 10.7 Å². The van der Waals surface area contributed by atoms with Gasteiger partial charge in [0.2, 0.25) is 11.7 Å². The molecule has 0 amide bonds. The standard InChI is InChI=1S/C13H17N3O3S2/c14-9(13(17)18)5-8-20-6-2-4-11-15-12(16-19-11)10-3-1-7-21-10/h1,3,7,9H,2,4-6,8,14H2,(H,17,18). The Morgan fingerprint density at radius 1 is 1.52 bits per heavy atom. The number of rotatable bonds is 9. The molecule has 2 rings (SSSR count). The molecule has 0 radical (unpaired) electrons. The molecule has 0 saturated carbocycles. The Morgan fingerprint density at radius 3 is 3.10 bits per heavy atom. The van der Waals surface area contributed by atoms with E-state index in [0.717, 1.165) is 29.2 Å². The quantitative estimate of drug-likeness (QED) is 0.681. The third kappa shape index (κ3) is 5.14. The van der Waals surface area contributed by atoms with Gasteiger partial charge in [0.15, 0.2) is 0 Å². The molecule has 0 aliphatic heterocycles. The molecule has 8 heteroatoms. The maximum Gasteiger partial charge on any atom is 0.320 e. The van der Waals surface area contributed by atoms with Crippen molar-refractivity contribution >= 4 is 29.1 Å². The lowest BCUT2D eigenvalue weighted by atomic mass is 10.2. The zero-order valence-corrected chi connectivity index (χ0v) is 13.0. The van der Waals surface area contributed by atoms with Gasteiger partial charge in [0.05, 0.1) is 4.88 Å². The number of aromatic nitrogens is 2. The summed E-state index contributed by atoms with van der Waals surface area (Å²) in [6, 6.07) is 3.15. The number of thioether (sulfide) groups is 1. The number of carboxylic acids is 1. The Hall–Kier alpha value is -1.38. The van der Waals surface area contributed by atoms with Crippen molar-refractivity contribution in [2.24, 2.45) is 5.73 Å². The zero-order valence-electron chi connectivity index (χ0n) is 11.4. The predicted octanol–water partition coefficient (Wildman–Crippen LogP) is 2.27. The van der Waals surface area contributed by atoms with Gasteiger partial charge in [-0.3, -0.25) is 4.79 Å². The van der Waals surface area contributed by atoms with Crippen molar-refractivity contribution in [3.05, 3.63) is 23.4 Å². The van der Waals surface area contributed by atoms with Crippen LogP contribution >= 0.6 is 23.1 Å². The SMILES string of the molecule is NC(CCSCCCc1nc(-c2cccs2)no1)C(=O)O. The number of thiophene rings is 1. The molecule has 0 fully saturated rings. The number of aryl methyl sites for hydroxylation is 1. The minimum Gasteiger partial charge on any atom is -0.480 e. The highest BCUT2D eigenvalue weighted by Gasteiger charge is 2.11. The molecular formula is C13H17N3O3S2. The van der Waals surface area contributed by atoms with Crippen molar-refractivity contribution < 1.29 is 14.4 Å². The lowest BCUT2D eigenvalue weighted by molar-refractivity contribution is -0.138. The monoisotopic (exact) mass is 327 g/mol. The van der Waals surface area contributed by atoms with Crippen LogP contribution in [0.15, 0.2) is 22.0 Å². The highest BCUT2D eigenvalue weighted by atomic mass is 32.2. The maximum absolute atomic E-state index is 10.5. The van der Waals surface area contributed by atoms with Gasteiger partial charge in [-0.25, -0.2) is 0 Å². The number of nitrogens with two attached hydrogens (primary N) is 1. The summed E-state index contributed by atoms with van der Waals surface area (Å²) in [4.78, 5) is 15.9. The first-order valence-electron chi connectivity index (χ1n) is 6.59. The van der Waals surface area contributed by atoms with Crippen LogP contribution in [0.2, 0.25) is 0 Å². The molecule has 2 aromatic heterocycles. The molecule has 2 aromatic rings. The van der Waals surface area contributed by atoms with Crippen LogP contribution in [0.5, 0.6) is 0 Å². The van der Waals surface area contributed by atoms with Gasteiger partial charge in [-0.05, 0) is 35.8 Å². The second-order valence-electron chi connectivity index (χ2n) is 4.44. The smallest absolute Gasteiger partial charge is 0.320 e. The van der Waals surface area contributed by atoms with Crippen molar-refractivity contribution in [3.8, 4) is 10.7 Å². The maximum atomic E-state index is 10.5. The number of hydrogen-bond donors (Lipinski definition) is 2. The lowest BCUT2D eigenvalue weighted by Crippen LogP contribution is -2.30. The number of hydrogen-bond acceptors (Lipinski definition) is 7. The molecule has 0 bridgehead atoms. The fourth-order valence-corrected chi connectivity index (χ4v) is 3.25. The molecule has 1 unspecified atom stereocenters. The average molecular weight is 327 g/mol. The molecule has 2 heterocycles. The Labute approximate surface area is 130 Å². The number of carbonyl (C=O) groups is 1. The van der Waals surface area contributed by atoms with Crippen molar-refractivity contribution in [3.63, 3.8) is 0 Å². The summed E-state index contributed by atoms with van der Waals surface area (Å²) in [6.07, 6.45) is 2.14. The second-order valence-corrected chi connectivity index (χ2v) is 6.61. The minimum absolute atomic E-state index is 0.489. The lowest BCUT2D eigenvalue weighted by Gasteiger charge is -2.04. The fraction of sp³-hybridized carbons (Fsp3) is 0.462. The zero-order chi connectivity index (χ0) is 15.1. The summed E-state index contributed by atoms with van der Waals surface area (Å²) >= 11 is 3.27. The van der Waals surface area contributed by atoms with Gasteiger partial charge in [-0.2, -0.15) is 16.7 Å². The molecule has 114 valence electrons. The van der Waals surface area contributed by atoms with E-state index < -0.39 is 12.0 Å². The Morgan fingerprint density at radius 2 is 2.38 bits per heavy atom. The third-order valence-corrected chi connectivity index (χ3v) is 4.75. The van der Waals surface area contributed by atoms with Crippen LogP contribution in [-0.2, 0) is 11.2 Å². The largest absolute Gasteiger partial charge is 0.480 e. The highest BCUT2D eigenvalue weighted by Crippen LogP contribution is 2.21. The Balaban J connectivity index is 1.62. The molecule has 0 spiro atoms. The van der Waals surface area contributed by atoms with Gasteiger partial charge in [0.1, 0.15) is 6.04 Å². The first-order valence-corrected chi connectivity index (χ1v) is 8.63. The molecular weight excluding hydrogens is 310 g/mol. The van der Waals surface area contributed by atoms with Crippen molar-refractivity contribution in [2.45, 2.75) is 25.3 Å². The molecule has 0 aromatic carbocycles. The van der Waals surface area contributed by atoms with Crippen LogP contribution < -0.4 is 5.73 Å². The normalized spacial score (nSPS) is 12.4. The molecule has 6 nitrogen and oxygen atoms in total. The van der Waals surface area contributed by atoms with Crippen molar-refractivity contribution in [1.82, 2.24) is 10.1 Å². The topological polar surface area (TPSA) is 102 Å². The van der Waals surface area contributed by atoms with Crippen LogP contribution in [0.4, 0.5) is 0 Å². The summed E-state index contributed by atoms with van der Waals surface area (Å²) < 4.78 is 5.20. The van der Waals surface area contributed by atoms with E-state index >= 15 is 0 Å². The number of aliphatic carboxylic acids is 1. The molecule has 0 aliphatic carbocycles. The van der Waals surface area contributed by atoms with Gasteiger partial charge >= 0.3 is 5.97 Å². The average Bonchev–Trinajstić information content (AvgIpc) is 3.12. The second kappa shape index (κ2) is 8.16. The summed E-state index contributed by atoms with van der Waals surface area (Å²) in [5, 5.41) is 14.6. The van der Waals surface area contributed by atoms with Gasteiger partial charge in [0, 0.05) is 6.42 Å². The van der Waals surface area contributed by atoms with E-state index in [2.05, 4.69) is 10.1 Å². The van der Waals surface area contributed by atoms with E-state index in [1.807, 2.05) is 17.5 Å². The summed E-state index contributed by atoms with van der Waals surface area (Å²) in [5.41, 5.74) is 5.43. The van der Waals surface area contributed by atoms with E-state index in [-0.39, 0.29) is 0 Å². The van der Waals surface area contributed by atoms with E-state index in [1.165, 1.54) is 0 Å². The molecule has 21 heavy (non-hydrogen) atoms. The van der Waals surface area contributed by atoms with Gasteiger partial charge < -0.3 is 15.4 Å². The van der Waals surface area contributed by atoms with E-state index in [0.29, 0.717) is 18.1 Å². The van der Waals surface area contributed by atoms with Crippen LogP contribution in [0.1, 0.15) is 18.7 Å². The Kier molecular flexibility index (Phi) is 6.21. The summed E-state index contributed by atoms with van der Waals surface area (Å²) in [7, 11) is 0. The van der Waals surface area contributed by atoms with Crippen LogP contribution in [0, 0.1) is 0 Å².